The van der Waals surface area contributed by atoms with E-state index in [-0.39, 0.29) is 30.0 Å². The van der Waals surface area contributed by atoms with Crippen molar-refractivity contribution in [2.75, 3.05) is 12.3 Å². The summed E-state index contributed by atoms with van der Waals surface area (Å²) >= 11 is 0. The van der Waals surface area contributed by atoms with E-state index in [1.165, 1.54) is 12.1 Å². The van der Waals surface area contributed by atoms with E-state index in [1.54, 1.807) is 16.9 Å². The van der Waals surface area contributed by atoms with Crippen LogP contribution in [-0.4, -0.2) is 28.5 Å². The average Bonchev–Trinajstić information content (AvgIpc) is 3.15. The summed E-state index contributed by atoms with van der Waals surface area (Å²) < 4.78 is 28.0. The quantitative estimate of drug-likeness (QED) is 0.803. The highest BCUT2D eigenvalue weighted by molar-refractivity contribution is 5.73. The van der Waals surface area contributed by atoms with Gasteiger partial charge < -0.3 is 20.9 Å². The number of nitrogens with two attached hydrogens (primary N) is 2. The second-order valence-corrected chi connectivity index (χ2v) is 6.72. The molecule has 4 N–H and O–H groups in total. The number of aromatic nitrogens is 2. The number of aliphatic imine (C=N–C) groups is 1. The highest BCUT2D eigenvalue weighted by Gasteiger charge is 2.55. The second kappa shape index (κ2) is 5.45. The van der Waals surface area contributed by atoms with Crippen LogP contribution in [0.25, 0.3) is 0 Å². The van der Waals surface area contributed by atoms with E-state index in [0.29, 0.717) is 17.9 Å². The molecule has 0 amide bonds. The minimum absolute atomic E-state index is 0.0287. The lowest BCUT2D eigenvalue weighted by Crippen LogP contribution is -2.48. The third kappa shape index (κ3) is 2.44. The topological polar surface area (TPSA) is 101 Å². The summed E-state index contributed by atoms with van der Waals surface area (Å²) in [5.74, 6) is -0.647. The number of ether oxygens (including phenoxy) is 2. The molecule has 25 heavy (non-hydrogen) atoms. The molecule has 132 valence electrons. The van der Waals surface area contributed by atoms with E-state index in [4.69, 9.17) is 20.9 Å². The first-order valence-electron chi connectivity index (χ1n) is 8.06. The largest absolute Gasteiger partial charge is 0.459 e. The highest BCUT2D eigenvalue weighted by atomic mass is 19.1. The molecule has 0 unspecified atom stereocenters. The van der Waals surface area contributed by atoms with Crippen molar-refractivity contribution in [1.82, 2.24) is 9.78 Å². The first-order chi connectivity index (χ1) is 11.9. The maximum absolute atomic E-state index is 14.7. The smallest absolute Gasteiger partial charge is 0.283 e. The number of hydrogen-bond acceptors (Lipinski definition) is 6. The minimum Gasteiger partial charge on any atom is -0.459 e. The second-order valence-electron chi connectivity index (χ2n) is 6.72. The molecule has 2 aromatic rings. The highest BCUT2D eigenvalue weighted by Crippen LogP contribution is 2.51. The van der Waals surface area contributed by atoms with Gasteiger partial charge in [0.1, 0.15) is 17.5 Å². The molecular weight excluding hydrogens is 325 g/mol. The molecule has 4 rings (SSSR count). The van der Waals surface area contributed by atoms with Crippen LogP contribution in [0.2, 0.25) is 0 Å². The Bertz CT molecular complexity index is 851. The van der Waals surface area contributed by atoms with Crippen molar-refractivity contribution >= 4 is 11.7 Å². The Kier molecular flexibility index (Phi) is 3.47. The number of nitrogen functional groups attached to an aromatic ring is 1. The van der Waals surface area contributed by atoms with E-state index in [0.717, 1.165) is 5.56 Å². The van der Waals surface area contributed by atoms with Crippen molar-refractivity contribution in [3.63, 3.8) is 0 Å². The molecule has 0 spiro atoms. The summed E-state index contributed by atoms with van der Waals surface area (Å²) in [7, 11) is 1.83. The summed E-state index contributed by atoms with van der Waals surface area (Å²) in [6.07, 6.45) is 2.96. The standard InChI is InChI=1S/C17H20FN5O2/c1-17(11-5-10(19)3-4-12(11)18)14-13(25-16(20)22-17)8-24-15(14)9-6-21-23(2)7-9/h3-7,13-15H,8,19H2,1-2H3,(H2,20,22)/t13-,14-,15+,17-/m1/s1. The van der Waals surface area contributed by atoms with Gasteiger partial charge in [0, 0.05) is 30.1 Å². The molecule has 2 aliphatic heterocycles. The van der Waals surface area contributed by atoms with Crippen LogP contribution in [0.1, 0.15) is 24.2 Å². The SMILES string of the molecule is Cn1cc([C@@H]2OC[C@H]3OC(N)=N[C@](C)(c4cc(N)ccc4F)[C@H]32)cn1. The summed E-state index contributed by atoms with van der Waals surface area (Å²) in [6, 6.07) is 4.50. The Morgan fingerprint density at radius 3 is 2.88 bits per heavy atom. The zero-order valence-electron chi connectivity index (χ0n) is 14.0. The number of hydrogen-bond donors (Lipinski definition) is 2. The Balaban J connectivity index is 1.86. The number of aryl methyl sites for hydroxylation is 1. The Hall–Kier alpha value is -2.61. The van der Waals surface area contributed by atoms with Gasteiger partial charge >= 0.3 is 0 Å². The number of anilines is 1. The van der Waals surface area contributed by atoms with Crippen LogP contribution in [-0.2, 0) is 22.1 Å². The minimum atomic E-state index is -0.969. The van der Waals surface area contributed by atoms with E-state index in [2.05, 4.69) is 10.1 Å². The van der Waals surface area contributed by atoms with Gasteiger partial charge in [-0.1, -0.05) is 0 Å². The molecule has 3 heterocycles. The monoisotopic (exact) mass is 345 g/mol. The lowest BCUT2D eigenvalue weighted by molar-refractivity contribution is 0.0555. The zero-order chi connectivity index (χ0) is 17.8. The maximum atomic E-state index is 14.7. The lowest BCUT2D eigenvalue weighted by atomic mass is 9.73. The van der Waals surface area contributed by atoms with Crippen LogP contribution in [0, 0.1) is 11.7 Å². The first kappa shape index (κ1) is 15.9. The summed E-state index contributed by atoms with van der Waals surface area (Å²) in [5.41, 5.74) is 12.5. The molecule has 1 saturated heterocycles. The van der Waals surface area contributed by atoms with Crippen molar-refractivity contribution < 1.29 is 13.9 Å². The molecule has 1 aromatic carbocycles. The van der Waals surface area contributed by atoms with E-state index in [1.807, 2.05) is 20.2 Å². The number of halogens is 1. The van der Waals surface area contributed by atoms with Gasteiger partial charge in [0.05, 0.1) is 24.8 Å². The van der Waals surface area contributed by atoms with Gasteiger partial charge in [-0.15, -0.1) is 0 Å². The number of amidine groups is 1. The van der Waals surface area contributed by atoms with Crippen LogP contribution >= 0.6 is 0 Å². The molecule has 1 aromatic heterocycles. The van der Waals surface area contributed by atoms with Gasteiger partial charge in [-0.2, -0.15) is 5.10 Å². The fourth-order valence-corrected chi connectivity index (χ4v) is 3.91. The number of fused-ring (bicyclic) bond motifs is 1. The fraction of sp³-hybridized carbons (Fsp3) is 0.412. The molecule has 4 atom stereocenters. The van der Waals surface area contributed by atoms with Crippen LogP contribution in [0.5, 0.6) is 0 Å². The zero-order valence-corrected chi connectivity index (χ0v) is 14.0. The van der Waals surface area contributed by atoms with Gasteiger partial charge in [-0.3, -0.25) is 4.68 Å². The van der Waals surface area contributed by atoms with Crippen molar-refractivity contribution in [1.29, 1.82) is 0 Å². The molecule has 0 saturated carbocycles. The van der Waals surface area contributed by atoms with Gasteiger partial charge in [0.2, 0.25) is 0 Å². The number of nitrogens with zero attached hydrogens (tertiary/aromatic N) is 3. The van der Waals surface area contributed by atoms with Crippen LogP contribution in [0.15, 0.2) is 35.6 Å². The summed E-state index contributed by atoms with van der Waals surface area (Å²) in [5, 5.41) is 4.21. The molecule has 2 aliphatic rings. The fourth-order valence-electron chi connectivity index (χ4n) is 3.91. The molecule has 0 bridgehead atoms. The molecule has 0 aliphatic carbocycles. The van der Waals surface area contributed by atoms with E-state index in [9.17, 15) is 4.39 Å². The van der Waals surface area contributed by atoms with E-state index < -0.39 is 5.54 Å². The van der Waals surface area contributed by atoms with Crippen molar-refractivity contribution in [3.8, 4) is 0 Å². The normalized spacial score (nSPS) is 31.3. The average molecular weight is 345 g/mol. The first-order valence-corrected chi connectivity index (χ1v) is 8.06. The van der Waals surface area contributed by atoms with Crippen LogP contribution < -0.4 is 11.5 Å². The Labute approximate surface area is 144 Å². The van der Waals surface area contributed by atoms with Crippen LogP contribution in [0.4, 0.5) is 10.1 Å². The Morgan fingerprint density at radius 1 is 1.36 bits per heavy atom. The predicted octanol–water partition coefficient (Wildman–Crippen LogP) is 1.46. The third-order valence-electron chi connectivity index (χ3n) is 5.02. The van der Waals surface area contributed by atoms with E-state index >= 15 is 0 Å². The molecular formula is C17H20FN5O2. The lowest BCUT2D eigenvalue weighted by Gasteiger charge is -2.41. The van der Waals surface area contributed by atoms with Gasteiger partial charge in [0.15, 0.2) is 0 Å². The predicted molar refractivity (Wildman–Crippen MR) is 90.1 cm³/mol. The summed E-state index contributed by atoms with van der Waals surface area (Å²) in [4.78, 5) is 4.48. The molecule has 8 heteroatoms. The van der Waals surface area contributed by atoms with Crippen molar-refractivity contribution in [2.24, 2.45) is 23.7 Å². The molecule has 7 nitrogen and oxygen atoms in total. The molecule has 0 radical (unpaired) electrons. The van der Waals surface area contributed by atoms with Gasteiger partial charge in [-0.05, 0) is 25.1 Å². The van der Waals surface area contributed by atoms with Crippen molar-refractivity contribution in [2.45, 2.75) is 24.7 Å². The summed E-state index contributed by atoms with van der Waals surface area (Å²) in [6.45, 7) is 2.19. The maximum Gasteiger partial charge on any atom is 0.283 e. The number of rotatable bonds is 2. The van der Waals surface area contributed by atoms with Gasteiger partial charge in [-0.25, -0.2) is 9.38 Å². The van der Waals surface area contributed by atoms with Crippen molar-refractivity contribution in [3.05, 3.63) is 47.5 Å². The Morgan fingerprint density at radius 2 is 2.16 bits per heavy atom. The van der Waals surface area contributed by atoms with Crippen LogP contribution in [0.3, 0.4) is 0 Å². The third-order valence-corrected chi connectivity index (χ3v) is 5.02. The number of benzene rings is 1. The van der Waals surface area contributed by atoms with Gasteiger partial charge in [0.25, 0.3) is 6.02 Å². The molecule has 1 fully saturated rings.